The fraction of sp³-hybridized carbons (Fsp3) is 0.308. The number of benzene rings is 1. The summed E-state index contributed by atoms with van der Waals surface area (Å²) in [5, 5.41) is 0. The SMILES string of the molecule is CCC1=C(c2ccc(F)cc2)C(=O)CC1. The van der Waals surface area contributed by atoms with E-state index in [-0.39, 0.29) is 11.6 Å². The van der Waals surface area contributed by atoms with Crippen molar-refractivity contribution in [2.24, 2.45) is 0 Å². The van der Waals surface area contributed by atoms with E-state index in [2.05, 4.69) is 6.92 Å². The van der Waals surface area contributed by atoms with Crippen molar-refractivity contribution in [2.75, 3.05) is 0 Å². The fourth-order valence-electron chi connectivity index (χ4n) is 2.05. The number of halogens is 1. The van der Waals surface area contributed by atoms with E-state index < -0.39 is 0 Å². The average molecular weight is 204 g/mol. The molecule has 2 heteroatoms. The molecule has 0 radical (unpaired) electrons. The molecule has 0 amide bonds. The summed E-state index contributed by atoms with van der Waals surface area (Å²) in [5.41, 5.74) is 2.87. The van der Waals surface area contributed by atoms with Crippen molar-refractivity contribution in [3.8, 4) is 0 Å². The molecule has 78 valence electrons. The molecular formula is C13H13FO. The number of ketones is 1. The molecule has 0 N–H and O–H groups in total. The van der Waals surface area contributed by atoms with E-state index in [1.54, 1.807) is 12.1 Å². The molecule has 2 rings (SSSR count). The largest absolute Gasteiger partial charge is 0.294 e. The first-order valence-electron chi connectivity index (χ1n) is 5.23. The van der Waals surface area contributed by atoms with Crippen LogP contribution in [0, 0.1) is 5.82 Å². The Kier molecular flexibility index (Phi) is 2.67. The van der Waals surface area contributed by atoms with Crippen molar-refractivity contribution in [3.63, 3.8) is 0 Å². The highest BCUT2D eigenvalue weighted by atomic mass is 19.1. The van der Waals surface area contributed by atoms with Crippen LogP contribution < -0.4 is 0 Å². The summed E-state index contributed by atoms with van der Waals surface area (Å²) >= 11 is 0. The lowest BCUT2D eigenvalue weighted by atomic mass is 10.0. The molecule has 0 spiro atoms. The van der Waals surface area contributed by atoms with E-state index in [9.17, 15) is 9.18 Å². The zero-order valence-electron chi connectivity index (χ0n) is 8.72. The number of rotatable bonds is 2. The van der Waals surface area contributed by atoms with Gasteiger partial charge in [0.25, 0.3) is 0 Å². The quantitative estimate of drug-likeness (QED) is 0.722. The van der Waals surface area contributed by atoms with E-state index in [0.29, 0.717) is 6.42 Å². The lowest BCUT2D eigenvalue weighted by Crippen LogP contribution is -1.95. The zero-order valence-corrected chi connectivity index (χ0v) is 8.72. The summed E-state index contributed by atoms with van der Waals surface area (Å²) in [7, 11) is 0. The first-order valence-corrected chi connectivity index (χ1v) is 5.23. The number of carbonyl (C=O) groups excluding carboxylic acids is 1. The Bertz CT molecular complexity index is 415. The topological polar surface area (TPSA) is 17.1 Å². The molecule has 0 bridgehead atoms. The van der Waals surface area contributed by atoms with Crippen molar-refractivity contribution in [3.05, 3.63) is 41.2 Å². The van der Waals surface area contributed by atoms with Crippen LogP contribution in [0.4, 0.5) is 4.39 Å². The van der Waals surface area contributed by atoms with Crippen LogP contribution in [0.1, 0.15) is 31.7 Å². The molecule has 1 aliphatic carbocycles. The van der Waals surface area contributed by atoms with Crippen molar-refractivity contribution in [2.45, 2.75) is 26.2 Å². The van der Waals surface area contributed by atoms with Gasteiger partial charge >= 0.3 is 0 Å². The summed E-state index contributed by atoms with van der Waals surface area (Å²) in [4.78, 5) is 11.7. The number of Topliss-reactive ketones (excluding diaryl/α,β-unsaturated/α-hetero) is 1. The van der Waals surface area contributed by atoms with Gasteiger partial charge in [0, 0.05) is 12.0 Å². The summed E-state index contributed by atoms with van der Waals surface area (Å²) in [6, 6.07) is 6.18. The number of allylic oxidation sites excluding steroid dienone is 2. The summed E-state index contributed by atoms with van der Waals surface area (Å²) in [5.74, 6) is -0.0682. The highest BCUT2D eigenvalue weighted by Crippen LogP contribution is 2.32. The van der Waals surface area contributed by atoms with Gasteiger partial charge in [-0.05, 0) is 30.5 Å². The van der Waals surface area contributed by atoms with Crippen molar-refractivity contribution >= 4 is 11.4 Å². The molecule has 0 saturated carbocycles. The van der Waals surface area contributed by atoms with Crippen LogP contribution in [0.5, 0.6) is 0 Å². The highest BCUT2D eigenvalue weighted by Gasteiger charge is 2.22. The molecule has 1 aromatic rings. The van der Waals surface area contributed by atoms with Gasteiger partial charge in [0.15, 0.2) is 5.78 Å². The molecular weight excluding hydrogens is 191 g/mol. The minimum Gasteiger partial charge on any atom is -0.294 e. The maximum atomic E-state index is 12.7. The van der Waals surface area contributed by atoms with Gasteiger partial charge in [-0.3, -0.25) is 4.79 Å². The third kappa shape index (κ3) is 1.84. The monoisotopic (exact) mass is 204 g/mol. The van der Waals surface area contributed by atoms with Crippen molar-refractivity contribution in [1.29, 1.82) is 0 Å². The molecule has 0 unspecified atom stereocenters. The molecule has 0 fully saturated rings. The van der Waals surface area contributed by atoms with Gasteiger partial charge in [0.2, 0.25) is 0 Å². The Morgan fingerprint density at radius 1 is 1.20 bits per heavy atom. The number of hydrogen-bond donors (Lipinski definition) is 0. The van der Waals surface area contributed by atoms with Gasteiger partial charge < -0.3 is 0 Å². The van der Waals surface area contributed by atoms with Gasteiger partial charge in [-0.2, -0.15) is 0 Å². The number of carbonyl (C=O) groups is 1. The molecule has 0 atom stereocenters. The standard InChI is InChI=1S/C13H13FO/c1-2-9-5-8-12(15)13(9)10-3-6-11(14)7-4-10/h3-4,6-7H,2,5,8H2,1H3. The van der Waals surface area contributed by atoms with Crippen LogP contribution in [0.15, 0.2) is 29.8 Å². The second kappa shape index (κ2) is 3.97. The summed E-state index contributed by atoms with van der Waals surface area (Å²) in [6.45, 7) is 2.05. The Morgan fingerprint density at radius 2 is 1.87 bits per heavy atom. The first-order chi connectivity index (χ1) is 7.22. The minimum absolute atomic E-state index is 0.193. The molecule has 1 aliphatic rings. The van der Waals surface area contributed by atoms with Gasteiger partial charge in [0.05, 0.1) is 0 Å². The normalized spacial score (nSPS) is 16.3. The molecule has 1 nitrogen and oxygen atoms in total. The van der Waals surface area contributed by atoms with E-state index in [4.69, 9.17) is 0 Å². The Morgan fingerprint density at radius 3 is 2.47 bits per heavy atom. The average Bonchev–Trinajstić information content (AvgIpc) is 2.61. The predicted octanol–water partition coefficient (Wildman–Crippen LogP) is 3.35. The van der Waals surface area contributed by atoms with Crippen LogP contribution in [-0.4, -0.2) is 5.78 Å². The Hall–Kier alpha value is -1.44. The second-order valence-electron chi connectivity index (χ2n) is 3.76. The molecule has 0 heterocycles. The number of hydrogen-bond acceptors (Lipinski definition) is 1. The highest BCUT2D eigenvalue weighted by molar-refractivity contribution is 6.23. The molecule has 0 aliphatic heterocycles. The van der Waals surface area contributed by atoms with Crippen molar-refractivity contribution < 1.29 is 9.18 Å². The zero-order chi connectivity index (χ0) is 10.8. The third-order valence-corrected chi connectivity index (χ3v) is 2.85. The van der Waals surface area contributed by atoms with E-state index in [1.165, 1.54) is 17.7 Å². The van der Waals surface area contributed by atoms with Crippen LogP contribution in [0.2, 0.25) is 0 Å². The Balaban J connectivity index is 2.44. The lowest BCUT2D eigenvalue weighted by Gasteiger charge is -2.04. The van der Waals surface area contributed by atoms with Gasteiger partial charge in [-0.25, -0.2) is 4.39 Å². The van der Waals surface area contributed by atoms with Crippen LogP contribution >= 0.6 is 0 Å². The van der Waals surface area contributed by atoms with E-state index >= 15 is 0 Å². The first kappa shape index (κ1) is 10.1. The second-order valence-corrected chi connectivity index (χ2v) is 3.76. The summed E-state index contributed by atoms with van der Waals surface area (Å²) < 4.78 is 12.7. The third-order valence-electron chi connectivity index (χ3n) is 2.85. The fourth-order valence-corrected chi connectivity index (χ4v) is 2.05. The maximum absolute atomic E-state index is 12.7. The predicted molar refractivity (Wildman–Crippen MR) is 57.9 cm³/mol. The lowest BCUT2D eigenvalue weighted by molar-refractivity contribution is -0.113. The smallest absolute Gasteiger partial charge is 0.163 e. The molecule has 0 aromatic heterocycles. The van der Waals surface area contributed by atoms with E-state index in [0.717, 1.165) is 24.0 Å². The minimum atomic E-state index is -0.261. The molecule has 0 saturated heterocycles. The van der Waals surface area contributed by atoms with Crippen LogP contribution in [0.25, 0.3) is 5.57 Å². The van der Waals surface area contributed by atoms with Gasteiger partial charge in [-0.15, -0.1) is 0 Å². The molecule has 15 heavy (non-hydrogen) atoms. The summed E-state index contributed by atoms with van der Waals surface area (Å²) in [6.07, 6.45) is 2.37. The van der Waals surface area contributed by atoms with Gasteiger partial charge in [0.1, 0.15) is 5.82 Å². The van der Waals surface area contributed by atoms with Crippen LogP contribution in [-0.2, 0) is 4.79 Å². The van der Waals surface area contributed by atoms with E-state index in [1.807, 2.05) is 0 Å². The maximum Gasteiger partial charge on any atom is 0.163 e. The van der Waals surface area contributed by atoms with Crippen LogP contribution in [0.3, 0.4) is 0 Å². The molecule has 1 aromatic carbocycles. The van der Waals surface area contributed by atoms with Crippen molar-refractivity contribution in [1.82, 2.24) is 0 Å². The Labute approximate surface area is 88.6 Å². The van der Waals surface area contributed by atoms with Gasteiger partial charge in [-0.1, -0.05) is 24.6 Å².